The van der Waals surface area contributed by atoms with Gasteiger partial charge in [-0.1, -0.05) is 39.0 Å². The van der Waals surface area contributed by atoms with Gasteiger partial charge in [-0.15, -0.1) is 0 Å². The standard InChI is InChI=1S/2C15H14FNO4.C9H12O2.C6H3F2NO2.CH2O3.2K.H/c1-3-10-4-7-14(15(8-10)20-2)21-11-5-6-13(17(18)19)12(16)9-11;1-3-10-4-7-13(15(8-10)20-2)21-14-9-11(16)5-6-12(14)17(18)19;1-3-7-4-5-8(10)9(6-7)11-2;7-4-1-2-6(9(10)11)5(8)3-4;2-1-4-3;;;/h2*4-9H,3H2,1-2H3;4-6,10H,3H2,1-2H3;1-3H;1,3H;;;/q;;;;;2*+1;-1/p-1. The van der Waals surface area contributed by atoms with Crippen molar-refractivity contribution in [2.75, 3.05) is 21.3 Å². The second kappa shape index (κ2) is 34.1. The number of aromatic hydroxyl groups is 1. The number of halogens is 4. The summed E-state index contributed by atoms with van der Waals surface area (Å²) in [7, 11) is 4.54. The maximum atomic E-state index is 13.6. The van der Waals surface area contributed by atoms with Crippen LogP contribution < -0.4 is 132 Å². The summed E-state index contributed by atoms with van der Waals surface area (Å²) in [6.45, 7) is 5.89. The van der Waals surface area contributed by atoms with Gasteiger partial charge in [-0.3, -0.25) is 35.1 Å². The molecule has 0 amide bonds. The number of nitrogens with zero attached hydrogens (tertiary/aromatic N) is 3. The summed E-state index contributed by atoms with van der Waals surface area (Å²) in [5.74, 6) is -1.12. The van der Waals surface area contributed by atoms with E-state index in [1.165, 1.54) is 25.8 Å². The fourth-order valence-electron chi connectivity index (χ4n) is 5.27. The van der Waals surface area contributed by atoms with Crippen LogP contribution in [0, 0.1) is 53.6 Å². The fraction of sp³-hybridized carbons (Fsp3) is 0.196. The van der Waals surface area contributed by atoms with Gasteiger partial charge in [-0.05, 0) is 90.6 Å². The Balaban J connectivity index is 0. The molecular formula is C46H45F4K2N3O15. The van der Waals surface area contributed by atoms with Crippen molar-refractivity contribution in [3.05, 3.63) is 179 Å². The summed E-state index contributed by atoms with van der Waals surface area (Å²) < 4.78 is 77.8. The van der Waals surface area contributed by atoms with E-state index in [1.807, 2.05) is 44.2 Å². The number of methoxy groups -OCH3 is 3. The van der Waals surface area contributed by atoms with Crippen LogP contribution in [0.2, 0.25) is 0 Å². The zero-order chi connectivity index (χ0) is 50.9. The quantitative estimate of drug-likeness (QED) is 0.0392. The van der Waals surface area contributed by atoms with Crippen molar-refractivity contribution in [2.24, 2.45) is 0 Å². The van der Waals surface area contributed by atoms with E-state index >= 15 is 0 Å². The van der Waals surface area contributed by atoms with Crippen LogP contribution in [0.5, 0.6) is 46.0 Å². The first-order valence-electron chi connectivity index (χ1n) is 19.6. The molecule has 18 nitrogen and oxygen atoms in total. The molecule has 6 aromatic rings. The Hall–Kier alpha value is -5.26. The van der Waals surface area contributed by atoms with E-state index < -0.39 is 49.4 Å². The number of benzene rings is 6. The molecule has 0 bridgehead atoms. The third-order valence-electron chi connectivity index (χ3n) is 8.75. The van der Waals surface area contributed by atoms with Crippen LogP contribution in [-0.2, 0) is 28.9 Å². The minimum atomic E-state index is -1.16. The molecule has 0 saturated heterocycles. The summed E-state index contributed by atoms with van der Waals surface area (Å²) >= 11 is 0. The number of carbonyl (C=O) groups is 1. The van der Waals surface area contributed by atoms with Crippen molar-refractivity contribution < 1.29 is 180 Å². The van der Waals surface area contributed by atoms with E-state index in [9.17, 15) is 53.0 Å². The Morgan fingerprint density at radius 1 is 0.514 bits per heavy atom. The van der Waals surface area contributed by atoms with Crippen LogP contribution >= 0.6 is 0 Å². The summed E-state index contributed by atoms with van der Waals surface area (Å²) in [4.78, 5) is 40.4. The summed E-state index contributed by atoms with van der Waals surface area (Å²) in [5, 5.41) is 49.1. The number of nitro benzene ring substituents is 3. The molecule has 6 aromatic carbocycles. The molecule has 0 aliphatic heterocycles. The van der Waals surface area contributed by atoms with Gasteiger partial charge in [-0.2, -0.15) is 8.78 Å². The first-order chi connectivity index (χ1) is 32.4. The Labute approximate surface area is 485 Å². The third kappa shape index (κ3) is 21.4. The number of phenolic OH excluding ortho intramolecular Hbond substituents is 1. The van der Waals surface area contributed by atoms with E-state index in [0.29, 0.717) is 34.8 Å². The van der Waals surface area contributed by atoms with Crippen LogP contribution in [-0.4, -0.2) is 47.7 Å². The first kappa shape index (κ1) is 64.7. The normalized spacial score (nSPS) is 9.47. The van der Waals surface area contributed by atoms with Gasteiger partial charge in [0.15, 0.2) is 34.5 Å². The molecular weight excluding hydrogens is 989 g/mol. The molecule has 0 aliphatic rings. The van der Waals surface area contributed by atoms with Gasteiger partial charge in [0.25, 0.3) is 6.47 Å². The molecule has 0 aromatic heterocycles. The number of hydrogen-bond acceptors (Lipinski definition) is 15. The molecule has 1 N–H and O–H groups in total. The molecule has 24 heteroatoms. The van der Waals surface area contributed by atoms with Gasteiger partial charge in [-0.25, -0.2) is 8.78 Å². The van der Waals surface area contributed by atoms with Crippen LogP contribution in [0.1, 0.15) is 38.9 Å². The number of aryl methyl sites for hydroxylation is 3. The molecule has 364 valence electrons. The van der Waals surface area contributed by atoms with Gasteiger partial charge in [0.1, 0.15) is 17.4 Å². The van der Waals surface area contributed by atoms with Crippen molar-refractivity contribution in [2.45, 2.75) is 40.0 Å². The van der Waals surface area contributed by atoms with E-state index in [0.717, 1.165) is 72.9 Å². The fourth-order valence-corrected chi connectivity index (χ4v) is 5.27. The Morgan fingerprint density at radius 2 is 0.900 bits per heavy atom. The Kier molecular flexibility index (Phi) is 31.6. The molecule has 0 saturated carbocycles. The van der Waals surface area contributed by atoms with Crippen molar-refractivity contribution in [3.63, 3.8) is 0 Å². The van der Waals surface area contributed by atoms with Crippen LogP contribution in [0.3, 0.4) is 0 Å². The van der Waals surface area contributed by atoms with Gasteiger partial charge >= 0.3 is 120 Å². The Morgan fingerprint density at radius 3 is 1.30 bits per heavy atom. The smallest absolute Gasteiger partial charge is 1.00 e. The van der Waals surface area contributed by atoms with E-state index in [-0.39, 0.29) is 134 Å². The molecule has 0 fully saturated rings. The summed E-state index contributed by atoms with van der Waals surface area (Å²) in [6, 6.07) is 24.6. The minimum Gasteiger partial charge on any atom is -1.00 e. The van der Waals surface area contributed by atoms with Crippen LogP contribution in [0.15, 0.2) is 109 Å². The third-order valence-corrected chi connectivity index (χ3v) is 8.75. The van der Waals surface area contributed by atoms with Crippen molar-refractivity contribution >= 4 is 23.5 Å². The first-order valence-corrected chi connectivity index (χ1v) is 19.6. The summed E-state index contributed by atoms with van der Waals surface area (Å²) in [5.41, 5.74) is 1.67. The molecule has 0 unspecified atom stereocenters. The van der Waals surface area contributed by atoms with Gasteiger partial charge in [0, 0.05) is 36.4 Å². The second-order valence-corrected chi connectivity index (χ2v) is 13.0. The molecule has 0 radical (unpaired) electrons. The van der Waals surface area contributed by atoms with Gasteiger partial charge < -0.3 is 40.4 Å². The molecule has 6 rings (SSSR count). The molecule has 70 heavy (non-hydrogen) atoms. The second-order valence-electron chi connectivity index (χ2n) is 13.0. The van der Waals surface area contributed by atoms with Crippen LogP contribution in [0.25, 0.3) is 0 Å². The topological polar surface area (TPSA) is 245 Å². The molecule has 0 heterocycles. The van der Waals surface area contributed by atoms with Crippen LogP contribution in [0.4, 0.5) is 34.6 Å². The number of hydrogen-bond donors (Lipinski definition) is 1. The van der Waals surface area contributed by atoms with Gasteiger partial charge in [0.05, 0.1) is 36.1 Å². The van der Waals surface area contributed by atoms with E-state index in [4.69, 9.17) is 33.7 Å². The Bertz CT molecular complexity index is 2660. The zero-order valence-corrected chi connectivity index (χ0v) is 45.4. The van der Waals surface area contributed by atoms with Crippen molar-refractivity contribution in [1.29, 1.82) is 0 Å². The number of ether oxygens (including phenoxy) is 5. The summed E-state index contributed by atoms with van der Waals surface area (Å²) in [6.07, 6.45) is 2.62. The SMILES string of the molecule is CCc1ccc(O)c(OC)c1.CCc1ccc(Oc2cc(F)ccc2[N+](=O)[O-])c(OC)c1.CCc1ccc(Oc2ccc([N+](=O)[O-])c(F)c2)c(OC)c1.O=CO[O-].O=[N+]([O-])c1ccc(F)cc1F.[H-].[K+].[K+]. The van der Waals surface area contributed by atoms with Crippen molar-refractivity contribution in [3.8, 4) is 46.0 Å². The molecule has 0 atom stereocenters. The maximum absolute atomic E-state index is 13.6. The monoisotopic (exact) mass is 1030 g/mol. The average molecular weight is 1030 g/mol. The predicted molar refractivity (Wildman–Crippen MR) is 236 cm³/mol. The number of nitro groups is 3. The van der Waals surface area contributed by atoms with E-state index in [2.05, 4.69) is 11.8 Å². The largest absolute Gasteiger partial charge is 1.00 e. The predicted octanol–water partition coefficient (Wildman–Crippen LogP) is 4.59. The molecule has 0 aliphatic carbocycles. The van der Waals surface area contributed by atoms with Gasteiger partial charge in [0.2, 0.25) is 17.4 Å². The van der Waals surface area contributed by atoms with Crippen molar-refractivity contribution in [1.82, 2.24) is 0 Å². The van der Waals surface area contributed by atoms with E-state index in [1.54, 1.807) is 31.4 Å². The maximum Gasteiger partial charge on any atom is 1.00 e. The number of phenols is 1. The average Bonchev–Trinajstić information content (AvgIpc) is 3.32. The molecule has 0 spiro atoms. The number of rotatable bonds is 14. The minimum absolute atomic E-state index is 0. The zero-order valence-electron chi connectivity index (χ0n) is 40.1. The number of carbonyl (C=O) groups excluding carboxylic acids is 1.